The Labute approximate surface area is 227 Å². The average Bonchev–Trinajstić information content (AvgIpc) is 2.96. The summed E-state index contributed by atoms with van der Waals surface area (Å²) in [6, 6.07) is 0. The van der Waals surface area contributed by atoms with E-state index in [2.05, 4.69) is 79.7 Å². The van der Waals surface area contributed by atoms with Crippen LogP contribution in [0.4, 0.5) is 0 Å². The Bertz CT molecular complexity index is 784. The Balaban J connectivity index is 1.57. The van der Waals surface area contributed by atoms with Crippen LogP contribution in [0.5, 0.6) is 0 Å². The first-order chi connectivity index (χ1) is 16.3. The molecule has 4 aliphatic rings. The molecule has 0 amide bonds. The van der Waals surface area contributed by atoms with E-state index in [0.29, 0.717) is 35.1 Å². The molecule has 1 unspecified atom stereocenters. The molecule has 10 atom stereocenters. The molecule has 0 aromatic heterocycles. The molecule has 6 heteroatoms. The highest BCUT2D eigenvalue weighted by Gasteiger charge is 2.64. The van der Waals surface area contributed by atoms with Crippen molar-refractivity contribution in [3.63, 3.8) is 0 Å². The monoisotopic (exact) mass is 552 g/mol. The van der Waals surface area contributed by atoms with Crippen LogP contribution in [0.2, 0.25) is 58.9 Å². The molecule has 0 spiro atoms. The van der Waals surface area contributed by atoms with Crippen molar-refractivity contribution in [2.24, 2.45) is 40.4 Å². The summed E-state index contributed by atoms with van der Waals surface area (Å²) in [6.45, 7) is 29.0. The maximum Gasteiger partial charge on any atom is 0.184 e. The van der Waals surface area contributed by atoms with Crippen LogP contribution in [0.25, 0.3) is 0 Å². The molecule has 210 valence electrons. The molecule has 4 fully saturated rings. The second kappa shape index (κ2) is 9.87. The van der Waals surface area contributed by atoms with E-state index in [1.54, 1.807) is 0 Å². The first-order valence-electron chi connectivity index (χ1n) is 15.4. The number of hydrogen-bond donors (Lipinski definition) is 0. The summed E-state index contributed by atoms with van der Waals surface area (Å²) in [5.74, 6) is 3.95. The van der Waals surface area contributed by atoms with Crippen LogP contribution in [0.3, 0.4) is 0 Å². The smallest absolute Gasteiger partial charge is 0.184 e. The van der Waals surface area contributed by atoms with Crippen molar-refractivity contribution in [3.8, 4) is 0 Å². The van der Waals surface area contributed by atoms with E-state index in [0.717, 1.165) is 23.7 Å². The Morgan fingerprint density at radius 2 is 1.28 bits per heavy atom. The highest BCUT2D eigenvalue weighted by molar-refractivity contribution is 6.70. The largest absolute Gasteiger partial charge is 0.415 e. The number of hydrogen-bond acceptors (Lipinski definition) is 3. The Morgan fingerprint density at radius 1 is 0.667 bits per heavy atom. The van der Waals surface area contributed by atoms with Crippen LogP contribution in [0.1, 0.15) is 72.1 Å². The minimum Gasteiger partial charge on any atom is -0.415 e. The van der Waals surface area contributed by atoms with Gasteiger partial charge in [-0.2, -0.15) is 0 Å². The molecule has 0 bridgehead atoms. The van der Waals surface area contributed by atoms with Crippen molar-refractivity contribution < 1.29 is 13.3 Å². The average molecular weight is 553 g/mol. The van der Waals surface area contributed by atoms with Crippen molar-refractivity contribution in [2.45, 2.75) is 149 Å². The van der Waals surface area contributed by atoms with Gasteiger partial charge in [0.25, 0.3) is 0 Å². The van der Waals surface area contributed by atoms with Crippen LogP contribution in [-0.2, 0) is 13.3 Å². The topological polar surface area (TPSA) is 27.7 Å². The molecule has 4 rings (SSSR count). The zero-order valence-electron chi connectivity index (χ0n) is 26.0. The molecule has 0 heterocycles. The summed E-state index contributed by atoms with van der Waals surface area (Å²) in [7, 11) is -4.72. The van der Waals surface area contributed by atoms with Gasteiger partial charge in [-0.15, -0.1) is 0 Å². The lowest BCUT2D eigenvalue weighted by Gasteiger charge is -2.61. The SMILES string of the molecule is CC(O[Si](C)(C)C)[C@H]1[C@H](O[Si](C)(C)C)C[C@H]2[C@@H]3CC[C@H]4C[C@@H](O[Si](C)(C)C)CC[C@]4(C)[C@H]3CC[C@@]21C. The Kier molecular flexibility index (Phi) is 8.09. The molecule has 0 aliphatic heterocycles. The Hall–Kier alpha value is 0.531. The number of fused-ring (bicyclic) bond motifs is 5. The van der Waals surface area contributed by atoms with Gasteiger partial charge in [0.1, 0.15) is 0 Å². The molecule has 0 aromatic rings. The zero-order chi connectivity index (χ0) is 26.9. The van der Waals surface area contributed by atoms with E-state index in [1.165, 1.54) is 51.4 Å². The fraction of sp³-hybridized carbons (Fsp3) is 1.00. The predicted octanol–water partition coefficient (Wildman–Crippen LogP) is 8.94. The van der Waals surface area contributed by atoms with Crippen molar-refractivity contribution in [2.75, 3.05) is 0 Å². The van der Waals surface area contributed by atoms with Gasteiger partial charge in [-0.05, 0) is 152 Å². The molecule has 4 aliphatic carbocycles. The fourth-order valence-corrected chi connectivity index (χ4v) is 13.5. The van der Waals surface area contributed by atoms with Gasteiger partial charge in [0.15, 0.2) is 25.0 Å². The summed E-state index contributed by atoms with van der Waals surface area (Å²) >= 11 is 0. The van der Waals surface area contributed by atoms with E-state index >= 15 is 0 Å². The second-order valence-electron chi connectivity index (χ2n) is 16.8. The third-order valence-corrected chi connectivity index (χ3v) is 13.9. The summed E-state index contributed by atoms with van der Waals surface area (Å²) in [4.78, 5) is 0. The van der Waals surface area contributed by atoms with Crippen LogP contribution >= 0.6 is 0 Å². The molecular formula is C30H60O3Si3. The molecule has 3 nitrogen and oxygen atoms in total. The van der Waals surface area contributed by atoms with Gasteiger partial charge in [0.2, 0.25) is 0 Å². The standard InChI is InChI=1S/C30H60O3Si3/c1-21(31-34(4,5)6)28-27(33-36(10,11)12)20-26-24-14-13-22-19-23(32-35(7,8)9)15-17-29(22,2)25(24)16-18-30(26,28)3/h21-28H,13-20H2,1-12H3/t21?,22-,23-,24+,25-,26-,27+,28-,29-,30-/m0/s1. The van der Waals surface area contributed by atoms with Gasteiger partial charge >= 0.3 is 0 Å². The lowest BCUT2D eigenvalue weighted by atomic mass is 9.44. The van der Waals surface area contributed by atoms with Gasteiger partial charge in [0, 0.05) is 18.1 Å². The van der Waals surface area contributed by atoms with Crippen molar-refractivity contribution >= 4 is 25.0 Å². The quantitative estimate of drug-likeness (QED) is 0.295. The van der Waals surface area contributed by atoms with Gasteiger partial charge in [-0.1, -0.05) is 13.8 Å². The summed E-state index contributed by atoms with van der Waals surface area (Å²) in [5.41, 5.74) is 0.864. The number of rotatable bonds is 7. The van der Waals surface area contributed by atoms with Crippen LogP contribution < -0.4 is 0 Å². The van der Waals surface area contributed by atoms with Crippen molar-refractivity contribution in [1.29, 1.82) is 0 Å². The highest BCUT2D eigenvalue weighted by atomic mass is 28.4. The van der Waals surface area contributed by atoms with E-state index in [9.17, 15) is 0 Å². The summed E-state index contributed by atoms with van der Waals surface area (Å²) in [6.07, 6.45) is 12.1. The fourth-order valence-electron chi connectivity index (χ4n) is 9.90. The maximum absolute atomic E-state index is 7.04. The highest BCUT2D eigenvalue weighted by Crippen LogP contribution is 2.68. The molecule has 36 heavy (non-hydrogen) atoms. The van der Waals surface area contributed by atoms with Crippen molar-refractivity contribution in [3.05, 3.63) is 0 Å². The summed E-state index contributed by atoms with van der Waals surface area (Å²) in [5, 5.41) is 0. The summed E-state index contributed by atoms with van der Waals surface area (Å²) < 4.78 is 20.5. The lowest BCUT2D eigenvalue weighted by Crippen LogP contribution is -2.55. The van der Waals surface area contributed by atoms with Crippen molar-refractivity contribution in [1.82, 2.24) is 0 Å². The van der Waals surface area contributed by atoms with Crippen LogP contribution in [0.15, 0.2) is 0 Å². The first-order valence-corrected chi connectivity index (χ1v) is 25.6. The normalized spacial score (nSPS) is 44.5. The van der Waals surface area contributed by atoms with Gasteiger partial charge < -0.3 is 13.3 Å². The second-order valence-corrected chi connectivity index (χ2v) is 30.2. The van der Waals surface area contributed by atoms with E-state index < -0.39 is 25.0 Å². The molecule has 0 radical (unpaired) electrons. The lowest BCUT2D eigenvalue weighted by molar-refractivity contribution is -0.131. The predicted molar refractivity (Wildman–Crippen MR) is 161 cm³/mol. The van der Waals surface area contributed by atoms with Gasteiger partial charge in [0.05, 0.1) is 6.10 Å². The maximum atomic E-state index is 7.04. The molecule has 4 saturated carbocycles. The third kappa shape index (κ3) is 5.99. The Morgan fingerprint density at radius 3 is 1.86 bits per heavy atom. The van der Waals surface area contributed by atoms with Crippen LogP contribution in [0, 0.1) is 40.4 Å². The minimum atomic E-state index is -1.63. The van der Waals surface area contributed by atoms with E-state index in [-0.39, 0.29) is 0 Å². The van der Waals surface area contributed by atoms with E-state index in [4.69, 9.17) is 13.3 Å². The molecule has 0 saturated heterocycles. The molecular weight excluding hydrogens is 493 g/mol. The minimum absolute atomic E-state index is 0.297. The van der Waals surface area contributed by atoms with Gasteiger partial charge in [-0.25, -0.2) is 0 Å². The molecule has 0 aromatic carbocycles. The first kappa shape index (κ1) is 29.5. The van der Waals surface area contributed by atoms with Gasteiger partial charge in [-0.3, -0.25) is 0 Å². The zero-order valence-corrected chi connectivity index (χ0v) is 29.0. The van der Waals surface area contributed by atoms with Crippen LogP contribution in [-0.4, -0.2) is 43.3 Å². The van der Waals surface area contributed by atoms with E-state index in [1.807, 2.05) is 0 Å². The molecule has 0 N–H and O–H groups in total. The third-order valence-electron chi connectivity index (χ3n) is 10.8.